The van der Waals surface area contributed by atoms with Gasteiger partial charge in [0, 0.05) is 48.9 Å². The second-order valence-electron chi connectivity index (χ2n) is 7.63. The van der Waals surface area contributed by atoms with E-state index in [1.54, 1.807) is 6.07 Å². The normalized spacial score (nSPS) is 24.1. The number of anilines is 3. The molecule has 3 atom stereocenters. The standard InChI is InChI=1S/C19H26N8O/c1-12-7-18(26-25-12)23-17-10-14(11-28)22-19(24-17)21-13-8-15-3-4-16(9-13)27(15)6-2-5-20/h7,10,13,15-16,28H,2-4,6,8-9,11H2,1H3,(H3,21,22,23,24,25,26)/t13?,15-,16+. The number of piperidine rings is 1. The van der Waals surface area contributed by atoms with Crippen molar-refractivity contribution in [3.05, 3.63) is 23.5 Å². The van der Waals surface area contributed by atoms with Crippen LogP contribution in [0.25, 0.3) is 0 Å². The zero-order chi connectivity index (χ0) is 19.5. The summed E-state index contributed by atoms with van der Waals surface area (Å²) in [6, 6.07) is 7.22. The molecule has 28 heavy (non-hydrogen) atoms. The van der Waals surface area contributed by atoms with E-state index in [0.29, 0.717) is 47.8 Å². The van der Waals surface area contributed by atoms with Crippen LogP contribution < -0.4 is 10.6 Å². The first kappa shape index (κ1) is 18.7. The Bertz CT molecular complexity index is 846. The molecule has 0 saturated carbocycles. The molecule has 9 heteroatoms. The minimum Gasteiger partial charge on any atom is -0.390 e. The molecular weight excluding hydrogens is 356 g/mol. The molecule has 1 unspecified atom stereocenters. The molecule has 2 fully saturated rings. The van der Waals surface area contributed by atoms with Gasteiger partial charge in [0.25, 0.3) is 0 Å². The van der Waals surface area contributed by atoms with Crippen LogP contribution >= 0.6 is 0 Å². The molecule has 9 nitrogen and oxygen atoms in total. The highest BCUT2D eigenvalue weighted by molar-refractivity contribution is 5.54. The second kappa shape index (κ2) is 8.12. The van der Waals surface area contributed by atoms with Gasteiger partial charge >= 0.3 is 0 Å². The minimum atomic E-state index is -0.149. The fourth-order valence-corrected chi connectivity index (χ4v) is 4.44. The number of nitrogens with zero attached hydrogens (tertiary/aromatic N) is 5. The maximum Gasteiger partial charge on any atom is 0.225 e. The summed E-state index contributed by atoms with van der Waals surface area (Å²) in [5.74, 6) is 1.80. The number of nitriles is 1. The van der Waals surface area contributed by atoms with Gasteiger partial charge in [-0.3, -0.25) is 10.00 Å². The third-order valence-corrected chi connectivity index (χ3v) is 5.60. The van der Waals surface area contributed by atoms with E-state index in [4.69, 9.17) is 5.26 Å². The SMILES string of the molecule is Cc1cc(Nc2cc(CO)nc(NC3C[C@H]4CC[C@@H](C3)N4CCC#N)n2)n[nH]1. The van der Waals surface area contributed by atoms with Crippen molar-refractivity contribution in [2.75, 3.05) is 17.2 Å². The maximum atomic E-state index is 9.57. The number of hydrogen-bond acceptors (Lipinski definition) is 8. The fraction of sp³-hybridized carbons (Fsp3) is 0.579. The number of rotatable bonds is 7. The number of aliphatic hydroxyl groups is 1. The number of fused-ring (bicyclic) bond motifs is 2. The van der Waals surface area contributed by atoms with Gasteiger partial charge in [0.1, 0.15) is 5.82 Å². The number of aryl methyl sites for hydroxylation is 1. The Morgan fingerprint density at radius 1 is 1.25 bits per heavy atom. The summed E-state index contributed by atoms with van der Waals surface area (Å²) < 4.78 is 0. The lowest BCUT2D eigenvalue weighted by atomic mass is 9.97. The number of aliphatic hydroxyl groups excluding tert-OH is 1. The molecule has 2 aromatic heterocycles. The van der Waals surface area contributed by atoms with Crippen molar-refractivity contribution in [3.8, 4) is 6.07 Å². The Balaban J connectivity index is 1.45. The first-order chi connectivity index (χ1) is 13.6. The zero-order valence-corrected chi connectivity index (χ0v) is 16.0. The van der Waals surface area contributed by atoms with Crippen molar-refractivity contribution in [3.63, 3.8) is 0 Å². The molecule has 4 heterocycles. The third-order valence-electron chi connectivity index (χ3n) is 5.60. The van der Waals surface area contributed by atoms with Crippen LogP contribution in [0.2, 0.25) is 0 Å². The quantitative estimate of drug-likeness (QED) is 0.573. The number of nitrogens with one attached hydrogen (secondary N) is 3. The third kappa shape index (κ3) is 4.08. The highest BCUT2D eigenvalue weighted by atomic mass is 16.3. The highest BCUT2D eigenvalue weighted by Crippen LogP contribution is 2.36. The zero-order valence-electron chi connectivity index (χ0n) is 16.0. The molecule has 2 bridgehead atoms. The van der Waals surface area contributed by atoms with Gasteiger partial charge in [0.15, 0.2) is 5.82 Å². The molecule has 148 valence electrons. The summed E-state index contributed by atoms with van der Waals surface area (Å²) >= 11 is 0. The van der Waals surface area contributed by atoms with Crippen LogP contribution in [0.3, 0.4) is 0 Å². The lowest BCUT2D eigenvalue weighted by Gasteiger charge is -2.38. The molecule has 0 spiro atoms. The monoisotopic (exact) mass is 382 g/mol. The predicted octanol–water partition coefficient (Wildman–Crippen LogP) is 2.06. The van der Waals surface area contributed by atoms with Gasteiger partial charge in [-0.25, -0.2) is 4.98 Å². The summed E-state index contributed by atoms with van der Waals surface area (Å²) in [5.41, 5.74) is 1.51. The van der Waals surface area contributed by atoms with Gasteiger partial charge in [-0.05, 0) is 32.6 Å². The van der Waals surface area contributed by atoms with Crippen LogP contribution in [0.4, 0.5) is 17.6 Å². The van der Waals surface area contributed by atoms with Gasteiger partial charge in [-0.2, -0.15) is 15.3 Å². The van der Waals surface area contributed by atoms with Crippen molar-refractivity contribution >= 4 is 17.6 Å². The molecule has 0 amide bonds. The topological polar surface area (TPSA) is 126 Å². The molecule has 0 radical (unpaired) electrons. The largest absolute Gasteiger partial charge is 0.390 e. The van der Waals surface area contributed by atoms with Gasteiger partial charge in [-0.1, -0.05) is 0 Å². The van der Waals surface area contributed by atoms with E-state index in [9.17, 15) is 5.11 Å². The molecule has 4 N–H and O–H groups in total. The molecule has 2 saturated heterocycles. The number of hydrogen-bond donors (Lipinski definition) is 4. The molecule has 0 aliphatic carbocycles. The smallest absolute Gasteiger partial charge is 0.225 e. The van der Waals surface area contributed by atoms with Crippen LogP contribution in [-0.4, -0.2) is 54.8 Å². The second-order valence-corrected chi connectivity index (χ2v) is 7.63. The van der Waals surface area contributed by atoms with Gasteiger partial charge in [-0.15, -0.1) is 0 Å². The summed E-state index contributed by atoms with van der Waals surface area (Å²) in [7, 11) is 0. The Morgan fingerprint density at radius 3 is 2.68 bits per heavy atom. The van der Waals surface area contributed by atoms with Crippen LogP contribution in [0.15, 0.2) is 12.1 Å². The van der Waals surface area contributed by atoms with Gasteiger partial charge in [0.2, 0.25) is 5.95 Å². The van der Waals surface area contributed by atoms with Crippen molar-refractivity contribution < 1.29 is 5.11 Å². The van der Waals surface area contributed by atoms with Crippen LogP contribution in [0, 0.1) is 18.3 Å². The fourth-order valence-electron chi connectivity index (χ4n) is 4.44. The van der Waals surface area contributed by atoms with Crippen LogP contribution in [-0.2, 0) is 6.61 Å². The van der Waals surface area contributed by atoms with Crippen molar-refractivity contribution in [1.82, 2.24) is 25.1 Å². The van der Waals surface area contributed by atoms with Gasteiger partial charge < -0.3 is 15.7 Å². The van der Waals surface area contributed by atoms with E-state index >= 15 is 0 Å². The predicted molar refractivity (Wildman–Crippen MR) is 105 cm³/mol. The molecule has 2 aliphatic rings. The van der Waals surface area contributed by atoms with Crippen molar-refractivity contribution in [2.24, 2.45) is 0 Å². The Morgan fingerprint density at radius 2 is 2.04 bits per heavy atom. The minimum absolute atomic E-state index is 0.149. The van der Waals surface area contributed by atoms with E-state index in [-0.39, 0.29) is 6.61 Å². The lowest BCUT2D eigenvalue weighted by Crippen LogP contribution is -2.47. The highest BCUT2D eigenvalue weighted by Gasteiger charge is 2.40. The lowest BCUT2D eigenvalue weighted by molar-refractivity contribution is 0.135. The number of H-pyrrole nitrogens is 1. The average Bonchev–Trinajstić information content (AvgIpc) is 3.19. The summed E-state index contributed by atoms with van der Waals surface area (Å²) in [6.45, 7) is 2.65. The Kier molecular flexibility index (Phi) is 5.41. The first-order valence-electron chi connectivity index (χ1n) is 9.81. The van der Waals surface area contributed by atoms with Crippen LogP contribution in [0.5, 0.6) is 0 Å². The molecule has 4 rings (SSSR count). The first-order valence-corrected chi connectivity index (χ1v) is 9.81. The summed E-state index contributed by atoms with van der Waals surface area (Å²) in [4.78, 5) is 11.5. The van der Waals surface area contributed by atoms with Gasteiger partial charge in [0.05, 0.1) is 18.4 Å². The van der Waals surface area contributed by atoms with Crippen molar-refractivity contribution in [1.29, 1.82) is 5.26 Å². The molecule has 2 aromatic rings. The maximum absolute atomic E-state index is 9.57. The van der Waals surface area contributed by atoms with E-state index in [0.717, 1.165) is 25.1 Å². The van der Waals surface area contributed by atoms with E-state index < -0.39 is 0 Å². The molecular formula is C19H26N8O. The Labute approximate surface area is 164 Å². The van der Waals surface area contributed by atoms with Crippen LogP contribution in [0.1, 0.15) is 43.5 Å². The van der Waals surface area contributed by atoms with E-state index in [2.05, 4.69) is 41.8 Å². The number of aromatic amines is 1. The summed E-state index contributed by atoms with van der Waals surface area (Å²) in [6.07, 6.45) is 5.02. The van der Waals surface area contributed by atoms with E-state index in [1.165, 1.54) is 12.8 Å². The number of aromatic nitrogens is 4. The Hall–Kier alpha value is -2.70. The molecule has 0 aromatic carbocycles. The van der Waals surface area contributed by atoms with E-state index in [1.807, 2.05) is 13.0 Å². The summed E-state index contributed by atoms with van der Waals surface area (Å²) in [5, 5.41) is 32.1. The average molecular weight is 382 g/mol. The molecule has 2 aliphatic heterocycles. The van der Waals surface area contributed by atoms with Crippen molar-refractivity contribution in [2.45, 2.75) is 63.8 Å².